The fourth-order valence-electron chi connectivity index (χ4n) is 2.74. The molecule has 1 atom stereocenters. The van der Waals surface area contributed by atoms with Crippen LogP contribution in [0.15, 0.2) is 53.5 Å². The third-order valence-electron chi connectivity index (χ3n) is 3.87. The van der Waals surface area contributed by atoms with Gasteiger partial charge in [-0.05, 0) is 18.2 Å². The summed E-state index contributed by atoms with van der Waals surface area (Å²) in [6, 6.07) is 15.6. The van der Waals surface area contributed by atoms with E-state index in [2.05, 4.69) is 15.9 Å². The van der Waals surface area contributed by atoms with E-state index in [4.69, 9.17) is 21.3 Å². The number of alkyl halides is 1. The van der Waals surface area contributed by atoms with Crippen molar-refractivity contribution in [1.29, 1.82) is 0 Å². The molecular weight excluding hydrogens is 392 g/mol. The first-order valence-electron chi connectivity index (χ1n) is 7.46. The van der Waals surface area contributed by atoms with Gasteiger partial charge in [-0.2, -0.15) is 0 Å². The summed E-state index contributed by atoms with van der Waals surface area (Å²) in [5.41, 5.74) is 3.72. The molecule has 2 aromatic carbocycles. The maximum absolute atomic E-state index is 11.8. The SMILES string of the molecule is COC(=O)CN1c2ccc(Cl)cc2C(c2ccccc2)=NC1CBr. The molecule has 24 heavy (non-hydrogen) atoms. The summed E-state index contributed by atoms with van der Waals surface area (Å²) in [6.45, 7) is 0.132. The Morgan fingerprint density at radius 2 is 2.04 bits per heavy atom. The number of methoxy groups -OCH3 is 1. The van der Waals surface area contributed by atoms with Crippen molar-refractivity contribution >= 4 is 44.9 Å². The Labute approximate surface area is 154 Å². The molecule has 0 amide bonds. The lowest BCUT2D eigenvalue weighted by Gasteiger charge is -2.35. The third kappa shape index (κ3) is 3.32. The molecule has 0 fully saturated rings. The van der Waals surface area contributed by atoms with Crippen LogP contribution in [0.2, 0.25) is 5.02 Å². The number of carbonyl (C=O) groups excluding carboxylic acids is 1. The first-order valence-corrected chi connectivity index (χ1v) is 8.96. The van der Waals surface area contributed by atoms with Gasteiger partial charge in [0.2, 0.25) is 0 Å². The van der Waals surface area contributed by atoms with Gasteiger partial charge in [-0.15, -0.1) is 0 Å². The van der Waals surface area contributed by atoms with Crippen molar-refractivity contribution < 1.29 is 9.53 Å². The third-order valence-corrected chi connectivity index (χ3v) is 4.69. The molecule has 2 aromatic rings. The largest absolute Gasteiger partial charge is 0.468 e. The van der Waals surface area contributed by atoms with Gasteiger partial charge in [0.15, 0.2) is 0 Å². The summed E-state index contributed by atoms with van der Waals surface area (Å²) in [4.78, 5) is 18.6. The molecule has 0 bridgehead atoms. The molecule has 1 aliphatic rings. The molecule has 6 heteroatoms. The number of benzene rings is 2. The number of rotatable bonds is 4. The molecule has 0 spiro atoms. The number of aliphatic imine (C=N–C) groups is 1. The van der Waals surface area contributed by atoms with Crippen molar-refractivity contribution in [1.82, 2.24) is 0 Å². The molecule has 0 radical (unpaired) electrons. The topological polar surface area (TPSA) is 41.9 Å². The van der Waals surface area contributed by atoms with Gasteiger partial charge in [-0.3, -0.25) is 9.79 Å². The number of hydrogen-bond donors (Lipinski definition) is 0. The number of carbonyl (C=O) groups is 1. The molecule has 0 saturated carbocycles. The van der Waals surface area contributed by atoms with Crippen LogP contribution in [0, 0.1) is 0 Å². The highest BCUT2D eigenvalue weighted by Gasteiger charge is 2.29. The molecule has 1 aliphatic heterocycles. The summed E-state index contributed by atoms with van der Waals surface area (Å²) >= 11 is 9.71. The van der Waals surface area contributed by atoms with Crippen LogP contribution in [-0.2, 0) is 9.53 Å². The van der Waals surface area contributed by atoms with E-state index >= 15 is 0 Å². The summed E-state index contributed by atoms with van der Waals surface area (Å²) in [5, 5.41) is 1.23. The predicted octanol–water partition coefficient (Wildman–Crippen LogP) is 3.89. The smallest absolute Gasteiger partial charge is 0.325 e. The molecule has 0 aromatic heterocycles. The van der Waals surface area contributed by atoms with Crippen molar-refractivity contribution in [3.8, 4) is 0 Å². The summed E-state index contributed by atoms with van der Waals surface area (Å²) in [7, 11) is 1.39. The van der Waals surface area contributed by atoms with Gasteiger partial charge >= 0.3 is 5.97 Å². The zero-order chi connectivity index (χ0) is 17.1. The van der Waals surface area contributed by atoms with Crippen LogP contribution in [0.25, 0.3) is 0 Å². The number of anilines is 1. The van der Waals surface area contributed by atoms with E-state index in [1.807, 2.05) is 53.4 Å². The van der Waals surface area contributed by atoms with E-state index in [-0.39, 0.29) is 18.7 Å². The Morgan fingerprint density at radius 3 is 2.71 bits per heavy atom. The number of fused-ring (bicyclic) bond motifs is 1. The quantitative estimate of drug-likeness (QED) is 0.570. The van der Waals surface area contributed by atoms with Crippen LogP contribution >= 0.6 is 27.5 Å². The highest BCUT2D eigenvalue weighted by molar-refractivity contribution is 9.09. The number of nitrogens with zero attached hydrogens (tertiary/aromatic N) is 2. The van der Waals surface area contributed by atoms with Crippen molar-refractivity contribution in [2.45, 2.75) is 6.17 Å². The fourth-order valence-corrected chi connectivity index (χ4v) is 3.40. The monoisotopic (exact) mass is 406 g/mol. The minimum Gasteiger partial charge on any atom is -0.468 e. The molecule has 1 unspecified atom stereocenters. The second-order valence-corrected chi connectivity index (χ2v) is 6.43. The summed E-state index contributed by atoms with van der Waals surface area (Å²) in [6.07, 6.45) is -0.201. The van der Waals surface area contributed by atoms with Crippen LogP contribution in [0.4, 0.5) is 5.69 Å². The lowest BCUT2D eigenvalue weighted by Crippen LogP contribution is -2.43. The van der Waals surface area contributed by atoms with Crippen molar-refractivity contribution in [2.24, 2.45) is 4.99 Å². The highest BCUT2D eigenvalue weighted by Crippen LogP contribution is 2.33. The molecule has 0 saturated heterocycles. The molecule has 1 heterocycles. The maximum Gasteiger partial charge on any atom is 0.325 e. The highest BCUT2D eigenvalue weighted by atomic mass is 79.9. The van der Waals surface area contributed by atoms with Crippen molar-refractivity contribution in [2.75, 3.05) is 23.9 Å². The van der Waals surface area contributed by atoms with Crippen LogP contribution in [-0.4, -0.2) is 36.8 Å². The standard InChI is InChI=1S/C18H16BrClN2O2/c1-24-17(23)11-22-15-8-7-13(20)9-14(15)18(21-16(22)10-19)12-5-3-2-4-6-12/h2-9,16H,10-11H2,1H3. The summed E-state index contributed by atoms with van der Waals surface area (Å²) in [5.74, 6) is -0.305. The predicted molar refractivity (Wildman–Crippen MR) is 100 cm³/mol. The van der Waals surface area contributed by atoms with E-state index in [1.165, 1.54) is 7.11 Å². The van der Waals surface area contributed by atoms with Crippen LogP contribution < -0.4 is 4.90 Å². The number of esters is 1. The molecular formula is C18H16BrClN2O2. The van der Waals surface area contributed by atoms with Gasteiger partial charge in [0.1, 0.15) is 12.7 Å². The van der Waals surface area contributed by atoms with Gasteiger partial charge in [0, 0.05) is 27.2 Å². The Morgan fingerprint density at radius 1 is 1.29 bits per heavy atom. The number of halogens is 2. The van der Waals surface area contributed by atoms with Gasteiger partial charge in [0.05, 0.1) is 12.8 Å². The Hall–Kier alpha value is -1.85. The van der Waals surface area contributed by atoms with Gasteiger partial charge < -0.3 is 9.64 Å². The zero-order valence-corrected chi connectivity index (χ0v) is 15.4. The second kappa shape index (κ2) is 7.36. The van der Waals surface area contributed by atoms with E-state index in [0.717, 1.165) is 22.5 Å². The second-order valence-electron chi connectivity index (χ2n) is 5.34. The Bertz CT molecular complexity index is 780. The lowest BCUT2D eigenvalue weighted by molar-refractivity contribution is -0.139. The molecule has 4 nitrogen and oxygen atoms in total. The normalized spacial score (nSPS) is 16.4. The molecule has 0 aliphatic carbocycles. The number of ether oxygens (including phenoxy) is 1. The number of hydrogen-bond acceptors (Lipinski definition) is 4. The fraction of sp³-hybridized carbons (Fsp3) is 0.222. The first kappa shape index (κ1) is 17.0. The van der Waals surface area contributed by atoms with Crippen LogP contribution in [0.1, 0.15) is 11.1 Å². The van der Waals surface area contributed by atoms with Crippen molar-refractivity contribution in [3.63, 3.8) is 0 Å². The first-order chi connectivity index (χ1) is 11.6. The van der Waals surface area contributed by atoms with Crippen molar-refractivity contribution in [3.05, 3.63) is 64.7 Å². The maximum atomic E-state index is 11.8. The van der Waals surface area contributed by atoms with E-state index in [0.29, 0.717) is 10.4 Å². The van der Waals surface area contributed by atoms with E-state index < -0.39 is 0 Å². The van der Waals surface area contributed by atoms with Gasteiger partial charge in [0.25, 0.3) is 0 Å². The molecule has 124 valence electrons. The molecule has 0 N–H and O–H groups in total. The van der Waals surface area contributed by atoms with Gasteiger partial charge in [-0.25, -0.2) is 0 Å². The summed E-state index contributed by atoms with van der Waals surface area (Å²) < 4.78 is 4.83. The average molecular weight is 408 g/mol. The minimum absolute atomic E-state index is 0.132. The van der Waals surface area contributed by atoms with E-state index in [9.17, 15) is 4.79 Å². The Kier molecular flexibility index (Phi) is 5.21. The average Bonchev–Trinajstić information content (AvgIpc) is 2.62. The lowest BCUT2D eigenvalue weighted by atomic mass is 9.97. The zero-order valence-electron chi connectivity index (χ0n) is 13.1. The molecule has 3 rings (SSSR count). The van der Waals surface area contributed by atoms with Gasteiger partial charge in [-0.1, -0.05) is 57.9 Å². The Balaban J connectivity index is 2.13. The van der Waals surface area contributed by atoms with Crippen LogP contribution in [0.3, 0.4) is 0 Å². The minimum atomic E-state index is -0.305. The van der Waals surface area contributed by atoms with E-state index in [1.54, 1.807) is 0 Å². The van der Waals surface area contributed by atoms with Crippen LogP contribution in [0.5, 0.6) is 0 Å².